The van der Waals surface area contributed by atoms with Crippen molar-refractivity contribution in [3.05, 3.63) is 24.3 Å². The molecule has 0 aromatic rings. The van der Waals surface area contributed by atoms with Crippen LogP contribution >= 0.6 is 0 Å². The number of nitrogens with one attached hydrogen (secondary N) is 1. The van der Waals surface area contributed by atoms with E-state index in [-0.39, 0.29) is 0 Å². The lowest BCUT2D eigenvalue weighted by Gasteiger charge is -1.75. The molecule has 0 bridgehead atoms. The van der Waals surface area contributed by atoms with Gasteiger partial charge in [0, 0.05) is 6.08 Å². The van der Waals surface area contributed by atoms with Crippen LogP contribution in [0.2, 0.25) is 0 Å². The SMILES string of the molecule is C=C(C)/C=C\C=[NH+]\O. The zero-order valence-electron chi connectivity index (χ0n) is 4.89. The lowest BCUT2D eigenvalue weighted by atomic mass is 10.3. The first-order valence-electron chi connectivity index (χ1n) is 2.32. The van der Waals surface area contributed by atoms with E-state index in [0.717, 1.165) is 5.57 Å². The predicted molar refractivity (Wildman–Crippen MR) is 32.8 cm³/mol. The normalized spacial score (nSPS) is 11.1. The van der Waals surface area contributed by atoms with E-state index < -0.39 is 0 Å². The summed E-state index contributed by atoms with van der Waals surface area (Å²) in [6.45, 7) is 5.49. The van der Waals surface area contributed by atoms with E-state index in [2.05, 4.69) is 6.58 Å². The minimum absolute atomic E-state index is 0.955. The third-order valence-corrected chi connectivity index (χ3v) is 0.552. The van der Waals surface area contributed by atoms with Gasteiger partial charge in [0.1, 0.15) is 0 Å². The molecular formula is C6H10NO+. The summed E-state index contributed by atoms with van der Waals surface area (Å²) >= 11 is 0. The Morgan fingerprint density at radius 1 is 1.75 bits per heavy atom. The zero-order chi connectivity index (χ0) is 6.41. The van der Waals surface area contributed by atoms with Gasteiger partial charge in [-0.05, 0) is 12.1 Å². The van der Waals surface area contributed by atoms with Crippen LogP contribution in [0.25, 0.3) is 0 Å². The molecule has 0 aliphatic heterocycles. The summed E-state index contributed by atoms with van der Waals surface area (Å²) in [5, 5.41) is 9.86. The van der Waals surface area contributed by atoms with Gasteiger partial charge in [-0.15, -0.1) is 0 Å². The van der Waals surface area contributed by atoms with E-state index in [1.54, 1.807) is 12.2 Å². The summed E-state index contributed by atoms with van der Waals surface area (Å²) in [5.41, 5.74) is 0.955. The van der Waals surface area contributed by atoms with Crippen LogP contribution in [-0.2, 0) is 0 Å². The summed E-state index contributed by atoms with van der Waals surface area (Å²) in [7, 11) is 0. The molecule has 0 saturated carbocycles. The number of hydrogen-bond acceptors (Lipinski definition) is 1. The molecule has 0 saturated heterocycles. The van der Waals surface area contributed by atoms with Crippen LogP contribution in [0.1, 0.15) is 6.92 Å². The first kappa shape index (κ1) is 6.95. The van der Waals surface area contributed by atoms with Gasteiger partial charge >= 0.3 is 0 Å². The van der Waals surface area contributed by atoms with Gasteiger partial charge in [0.15, 0.2) is 0 Å². The largest absolute Gasteiger partial charge is 0.293 e. The van der Waals surface area contributed by atoms with E-state index in [4.69, 9.17) is 5.21 Å². The smallest absolute Gasteiger partial charge is 0.212 e. The molecule has 0 spiro atoms. The molecule has 0 unspecified atom stereocenters. The van der Waals surface area contributed by atoms with Crippen molar-refractivity contribution >= 4 is 6.21 Å². The van der Waals surface area contributed by atoms with Gasteiger partial charge in [-0.2, -0.15) is 0 Å². The third-order valence-electron chi connectivity index (χ3n) is 0.552. The Bertz CT molecular complexity index is 124. The summed E-state index contributed by atoms with van der Waals surface area (Å²) < 4.78 is 0. The summed E-state index contributed by atoms with van der Waals surface area (Å²) in [6.07, 6.45) is 4.86. The molecule has 0 aromatic carbocycles. The second kappa shape index (κ2) is 4.12. The highest BCUT2D eigenvalue weighted by Gasteiger charge is 1.70. The van der Waals surface area contributed by atoms with Crippen molar-refractivity contribution in [3.63, 3.8) is 0 Å². The van der Waals surface area contributed by atoms with Crippen molar-refractivity contribution in [3.8, 4) is 0 Å². The Morgan fingerprint density at radius 3 is 2.75 bits per heavy atom. The Balaban J connectivity index is 3.50. The molecule has 2 nitrogen and oxygen atoms in total. The minimum atomic E-state index is 0.955. The van der Waals surface area contributed by atoms with Gasteiger partial charge < -0.3 is 0 Å². The van der Waals surface area contributed by atoms with Gasteiger partial charge in [0.25, 0.3) is 0 Å². The van der Waals surface area contributed by atoms with Crippen LogP contribution in [0, 0.1) is 0 Å². The zero-order valence-corrected chi connectivity index (χ0v) is 4.89. The van der Waals surface area contributed by atoms with Crippen molar-refractivity contribution in [2.24, 2.45) is 0 Å². The molecular weight excluding hydrogens is 102 g/mol. The second-order valence-corrected chi connectivity index (χ2v) is 1.50. The lowest BCUT2D eigenvalue weighted by Crippen LogP contribution is -2.63. The standard InChI is InChI=1S/C6H9NO/c1-6(2)4-3-5-7-8/h3-5,8H,1H2,2H3/p+1/b4-3-,7-5+. The first-order chi connectivity index (χ1) is 3.77. The highest BCUT2D eigenvalue weighted by atomic mass is 16.4. The molecule has 0 amide bonds. The van der Waals surface area contributed by atoms with E-state index >= 15 is 0 Å². The molecule has 2 heteroatoms. The van der Waals surface area contributed by atoms with Crippen LogP contribution < -0.4 is 5.16 Å². The first-order valence-corrected chi connectivity index (χ1v) is 2.32. The fourth-order valence-corrected chi connectivity index (χ4v) is 0.255. The molecule has 2 N–H and O–H groups in total. The lowest BCUT2D eigenvalue weighted by molar-refractivity contribution is -0.733. The van der Waals surface area contributed by atoms with Gasteiger partial charge in [0.05, 0.1) is 0 Å². The highest BCUT2D eigenvalue weighted by Crippen LogP contribution is 1.84. The average Bonchev–Trinajstić information content (AvgIpc) is 1.66. The molecule has 0 aromatic heterocycles. The van der Waals surface area contributed by atoms with Crippen LogP contribution in [0.5, 0.6) is 0 Å². The van der Waals surface area contributed by atoms with Gasteiger partial charge in [-0.25, -0.2) is 0 Å². The second-order valence-electron chi connectivity index (χ2n) is 1.50. The van der Waals surface area contributed by atoms with E-state index in [1.165, 1.54) is 6.21 Å². The third kappa shape index (κ3) is 4.95. The Hall–Kier alpha value is -1.05. The van der Waals surface area contributed by atoms with Gasteiger partial charge in [0.2, 0.25) is 6.21 Å². The molecule has 8 heavy (non-hydrogen) atoms. The van der Waals surface area contributed by atoms with Gasteiger partial charge in [-0.3, -0.25) is 5.21 Å². The van der Waals surface area contributed by atoms with Crippen molar-refractivity contribution in [2.45, 2.75) is 6.92 Å². The van der Waals surface area contributed by atoms with Crippen LogP contribution in [0.15, 0.2) is 24.3 Å². The van der Waals surface area contributed by atoms with Crippen molar-refractivity contribution in [1.29, 1.82) is 0 Å². The van der Waals surface area contributed by atoms with E-state index in [1.807, 2.05) is 12.1 Å². The molecule has 0 aliphatic rings. The number of hydrogen-bond donors (Lipinski definition) is 2. The summed E-state index contributed by atoms with van der Waals surface area (Å²) in [5.74, 6) is 0. The van der Waals surface area contributed by atoms with Gasteiger partial charge in [-0.1, -0.05) is 18.2 Å². The molecule has 0 heterocycles. The van der Waals surface area contributed by atoms with Crippen molar-refractivity contribution in [2.75, 3.05) is 0 Å². The number of rotatable bonds is 2. The average molecular weight is 112 g/mol. The molecule has 0 fully saturated rings. The molecule has 0 aliphatic carbocycles. The fraction of sp³-hybridized carbons (Fsp3) is 0.167. The minimum Gasteiger partial charge on any atom is -0.293 e. The predicted octanol–water partition coefficient (Wildman–Crippen LogP) is -0.341. The topological polar surface area (TPSA) is 34.2 Å². The molecule has 44 valence electrons. The fourth-order valence-electron chi connectivity index (χ4n) is 0.255. The Kier molecular flexibility index (Phi) is 3.58. The highest BCUT2D eigenvalue weighted by molar-refractivity contribution is 5.65. The van der Waals surface area contributed by atoms with Crippen LogP contribution in [0.3, 0.4) is 0 Å². The maximum absolute atomic E-state index is 7.99. The van der Waals surface area contributed by atoms with E-state index in [9.17, 15) is 0 Å². The van der Waals surface area contributed by atoms with Crippen LogP contribution in [-0.4, -0.2) is 11.4 Å². The summed E-state index contributed by atoms with van der Waals surface area (Å²) in [6, 6.07) is 0. The maximum Gasteiger partial charge on any atom is 0.212 e. The maximum atomic E-state index is 7.99. The summed E-state index contributed by atoms with van der Waals surface area (Å²) in [4.78, 5) is 0. The molecule has 0 radical (unpaired) electrons. The monoisotopic (exact) mass is 112 g/mol. The van der Waals surface area contributed by atoms with Crippen molar-refractivity contribution < 1.29 is 10.4 Å². The Labute approximate surface area is 48.8 Å². The van der Waals surface area contributed by atoms with Crippen molar-refractivity contribution in [1.82, 2.24) is 0 Å². The quantitative estimate of drug-likeness (QED) is 0.218. The number of allylic oxidation sites excluding steroid dienone is 3. The van der Waals surface area contributed by atoms with E-state index in [0.29, 0.717) is 0 Å². The van der Waals surface area contributed by atoms with Crippen LogP contribution in [0.4, 0.5) is 0 Å². The molecule has 0 atom stereocenters. The Morgan fingerprint density at radius 2 is 2.38 bits per heavy atom. The molecule has 0 rings (SSSR count).